The van der Waals surface area contributed by atoms with Crippen LogP contribution in [-0.2, 0) is 7.05 Å². The predicted molar refractivity (Wildman–Crippen MR) is 89.7 cm³/mol. The Morgan fingerprint density at radius 2 is 2.22 bits per heavy atom. The molecular formula is C15H20N6OS. The van der Waals surface area contributed by atoms with E-state index in [4.69, 9.17) is 0 Å². The summed E-state index contributed by atoms with van der Waals surface area (Å²) in [5, 5.41) is 4.85. The number of nitrogens with zero attached hydrogens (tertiary/aromatic N) is 6. The van der Waals surface area contributed by atoms with Gasteiger partial charge in [0.05, 0.1) is 11.8 Å². The van der Waals surface area contributed by atoms with Crippen molar-refractivity contribution in [1.82, 2.24) is 24.6 Å². The van der Waals surface area contributed by atoms with E-state index in [1.807, 2.05) is 24.3 Å². The SMILES string of the molecule is CSc1nccc(N2CCN(C(=O)c3cnn(C)c3)C(C)C2)n1. The van der Waals surface area contributed by atoms with Gasteiger partial charge in [0.15, 0.2) is 5.16 Å². The summed E-state index contributed by atoms with van der Waals surface area (Å²) in [5.74, 6) is 0.961. The molecule has 3 heterocycles. The first kappa shape index (κ1) is 15.8. The van der Waals surface area contributed by atoms with E-state index in [1.165, 1.54) is 11.8 Å². The maximum Gasteiger partial charge on any atom is 0.257 e. The van der Waals surface area contributed by atoms with Crippen molar-refractivity contribution >= 4 is 23.5 Å². The molecule has 0 spiro atoms. The summed E-state index contributed by atoms with van der Waals surface area (Å²) >= 11 is 1.53. The molecule has 122 valence electrons. The first-order valence-corrected chi connectivity index (χ1v) is 8.72. The van der Waals surface area contributed by atoms with Crippen molar-refractivity contribution in [1.29, 1.82) is 0 Å². The number of piperazine rings is 1. The van der Waals surface area contributed by atoms with Crippen LogP contribution >= 0.6 is 11.8 Å². The highest BCUT2D eigenvalue weighted by molar-refractivity contribution is 7.98. The molecule has 0 aliphatic carbocycles. The number of carbonyl (C=O) groups excluding carboxylic acids is 1. The van der Waals surface area contributed by atoms with Gasteiger partial charge < -0.3 is 9.80 Å². The van der Waals surface area contributed by atoms with Crippen LogP contribution in [0.2, 0.25) is 0 Å². The number of aromatic nitrogens is 4. The molecule has 7 nitrogen and oxygen atoms in total. The summed E-state index contributed by atoms with van der Waals surface area (Å²) in [6.07, 6.45) is 7.13. The average Bonchev–Trinajstić information content (AvgIpc) is 3.00. The summed E-state index contributed by atoms with van der Waals surface area (Å²) < 4.78 is 1.65. The van der Waals surface area contributed by atoms with Gasteiger partial charge in [-0.2, -0.15) is 5.10 Å². The van der Waals surface area contributed by atoms with Crippen molar-refractivity contribution in [3.05, 3.63) is 30.2 Å². The molecule has 1 fully saturated rings. The molecule has 0 aromatic carbocycles. The van der Waals surface area contributed by atoms with Gasteiger partial charge in [-0.25, -0.2) is 9.97 Å². The molecule has 0 bridgehead atoms. The number of hydrogen-bond donors (Lipinski definition) is 0. The molecule has 2 aromatic rings. The van der Waals surface area contributed by atoms with Gasteiger partial charge in [-0.15, -0.1) is 0 Å². The van der Waals surface area contributed by atoms with E-state index in [1.54, 1.807) is 23.3 Å². The molecule has 0 saturated carbocycles. The van der Waals surface area contributed by atoms with E-state index in [-0.39, 0.29) is 11.9 Å². The van der Waals surface area contributed by atoms with Gasteiger partial charge in [0.2, 0.25) is 0 Å². The standard InChI is InChI=1S/C15H20N6OS/c1-11-9-20(13-4-5-16-15(18-13)23-3)6-7-21(11)14(22)12-8-17-19(2)10-12/h4-5,8,10-11H,6-7,9H2,1-3H3. The molecule has 2 aromatic heterocycles. The van der Waals surface area contributed by atoms with E-state index >= 15 is 0 Å². The molecule has 1 saturated heterocycles. The fourth-order valence-electron chi connectivity index (χ4n) is 2.77. The molecule has 23 heavy (non-hydrogen) atoms. The van der Waals surface area contributed by atoms with E-state index in [0.717, 1.165) is 24.1 Å². The fourth-order valence-corrected chi connectivity index (χ4v) is 3.12. The largest absolute Gasteiger partial charge is 0.353 e. The third kappa shape index (κ3) is 3.31. The van der Waals surface area contributed by atoms with Crippen LogP contribution < -0.4 is 4.90 Å². The van der Waals surface area contributed by atoms with E-state index in [2.05, 4.69) is 26.9 Å². The lowest BCUT2D eigenvalue weighted by atomic mass is 10.1. The van der Waals surface area contributed by atoms with Gasteiger partial charge >= 0.3 is 0 Å². The first-order valence-electron chi connectivity index (χ1n) is 7.50. The smallest absolute Gasteiger partial charge is 0.257 e. The van der Waals surface area contributed by atoms with Gasteiger partial charge in [-0.3, -0.25) is 9.48 Å². The average molecular weight is 332 g/mol. The Kier molecular flexibility index (Phi) is 4.51. The van der Waals surface area contributed by atoms with Gasteiger partial charge in [0.25, 0.3) is 5.91 Å². The summed E-state index contributed by atoms with van der Waals surface area (Å²) in [7, 11) is 1.82. The second kappa shape index (κ2) is 6.57. The molecule has 1 aliphatic rings. The van der Waals surface area contributed by atoms with Crippen LogP contribution in [0.15, 0.2) is 29.8 Å². The highest BCUT2D eigenvalue weighted by Gasteiger charge is 2.29. The Bertz CT molecular complexity index is 703. The Labute approximate surface area is 139 Å². The van der Waals surface area contributed by atoms with E-state index in [0.29, 0.717) is 12.1 Å². The topological polar surface area (TPSA) is 67.2 Å². The van der Waals surface area contributed by atoms with Gasteiger partial charge in [-0.05, 0) is 19.2 Å². The van der Waals surface area contributed by atoms with Crippen LogP contribution in [0.3, 0.4) is 0 Å². The quantitative estimate of drug-likeness (QED) is 0.623. The first-order chi connectivity index (χ1) is 11.1. The zero-order chi connectivity index (χ0) is 16.4. The third-order valence-corrected chi connectivity index (χ3v) is 4.53. The Morgan fingerprint density at radius 1 is 1.39 bits per heavy atom. The summed E-state index contributed by atoms with van der Waals surface area (Å²) in [6.45, 7) is 4.27. The Balaban J connectivity index is 1.70. The number of anilines is 1. The highest BCUT2D eigenvalue weighted by atomic mass is 32.2. The lowest BCUT2D eigenvalue weighted by molar-refractivity contribution is 0.0673. The normalized spacial score (nSPS) is 18.3. The second-order valence-corrected chi connectivity index (χ2v) is 6.37. The van der Waals surface area contributed by atoms with Crippen LogP contribution in [0, 0.1) is 0 Å². The minimum atomic E-state index is 0.0396. The van der Waals surface area contributed by atoms with Crippen LogP contribution in [0.25, 0.3) is 0 Å². The maximum atomic E-state index is 12.6. The monoisotopic (exact) mass is 332 g/mol. The van der Waals surface area contributed by atoms with E-state index < -0.39 is 0 Å². The lowest BCUT2D eigenvalue weighted by Crippen LogP contribution is -2.54. The maximum absolute atomic E-state index is 12.6. The highest BCUT2D eigenvalue weighted by Crippen LogP contribution is 2.20. The number of aryl methyl sites for hydroxylation is 1. The van der Waals surface area contributed by atoms with Crippen molar-refractivity contribution in [2.24, 2.45) is 7.05 Å². The van der Waals surface area contributed by atoms with Crippen molar-refractivity contribution in [3.63, 3.8) is 0 Å². The van der Waals surface area contributed by atoms with Gasteiger partial charge in [0, 0.05) is 45.1 Å². The van der Waals surface area contributed by atoms with Crippen LogP contribution in [0.5, 0.6) is 0 Å². The number of carbonyl (C=O) groups is 1. The Hall–Kier alpha value is -2.09. The number of rotatable bonds is 3. The van der Waals surface area contributed by atoms with Crippen molar-refractivity contribution in [2.45, 2.75) is 18.1 Å². The zero-order valence-corrected chi connectivity index (χ0v) is 14.3. The molecule has 1 atom stereocenters. The fraction of sp³-hybridized carbons (Fsp3) is 0.467. The van der Waals surface area contributed by atoms with Crippen LogP contribution in [-0.4, -0.2) is 62.5 Å². The van der Waals surface area contributed by atoms with Crippen LogP contribution in [0.4, 0.5) is 5.82 Å². The molecule has 1 aliphatic heterocycles. The van der Waals surface area contributed by atoms with Gasteiger partial charge in [-0.1, -0.05) is 11.8 Å². The molecule has 3 rings (SSSR count). The summed E-state index contributed by atoms with van der Waals surface area (Å²) in [5.41, 5.74) is 0.638. The number of thioether (sulfide) groups is 1. The molecule has 1 unspecified atom stereocenters. The van der Waals surface area contributed by atoms with E-state index in [9.17, 15) is 4.79 Å². The van der Waals surface area contributed by atoms with Crippen molar-refractivity contribution in [2.75, 3.05) is 30.8 Å². The minimum Gasteiger partial charge on any atom is -0.353 e. The molecule has 0 radical (unpaired) electrons. The molecule has 8 heteroatoms. The molecular weight excluding hydrogens is 312 g/mol. The molecule has 0 N–H and O–H groups in total. The molecule has 1 amide bonds. The summed E-state index contributed by atoms with van der Waals surface area (Å²) in [4.78, 5) is 25.5. The van der Waals surface area contributed by atoms with Crippen LogP contribution in [0.1, 0.15) is 17.3 Å². The zero-order valence-electron chi connectivity index (χ0n) is 13.5. The number of hydrogen-bond acceptors (Lipinski definition) is 6. The number of amides is 1. The minimum absolute atomic E-state index is 0.0396. The second-order valence-electron chi connectivity index (χ2n) is 5.60. The van der Waals surface area contributed by atoms with Gasteiger partial charge in [0.1, 0.15) is 5.82 Å². The predicted octanol–water partition coefficient (Wildman–Crippen LogP) is 1.28. The Morgan fingerprint density at radius 3 is 2.87 bits per heavy atom. The third-order valence-electron chi connectivity index (χ3n) is 3.97. The lowest BCUT2D eigenvalue weighted by Gasteiger charge is -2.40. The summed E-state index contributed by atoms with van der Waals surface area (Å²) in [6, 6.07) is 2.04. The van der Waals surface area contributed by atoms with Crippen molar-refractivity contribution < 1.29 is 4.79 Å². The van der Waals surface area contributed by atoms with Crippen molar-refractivity contribution in [3.8, 4) is 0 Å².